The molecule has 13 heteroatoms. The van der Waals surface area contributed by atoms with Crippen LogP contribution in [0.25, 0.3) is 11.4 Å². The van der Waals surface area contributed by atoms with E-state index in [-0.39, 0.29) is 29.4 Å². The molecular weight excluding hydrogens is 425 g/mol. The molecule has 3 heterocycles. The smallest absolute Gasteiger partial charge is 0.243 e. The molecule has 0 amide bonds. The maximum Gasteiger partial charge on any atom is 0.243 e. The Morgan fingerprint density at radius 1 is 1.16 bits per heavy atom. The predicted molar refractivity (Wildman–Crippen MR) is 111 cm³/mol. The van der Waals surface area contributed by atoms with Gasteiger partial charge in [-0.3, -0.25) is 0 Å². The summed E-state index contributed by atoms with van der Waals surface area (Å²) in [5, 5.41) is 16.3. The second-order valence-electron chi connectivity index (χ2n) is 6.99. The average Bonchev–Trinajstić information content (AvgIpc) is 3.28. The number of H-pyrrole nitrogens is 1. The Labute approximate surface area is 178 Å². The average molecular weight is 448 g/mol. The summed E-state index contributed by atoms with van der Waals surface area (Å²) >= 11 is 0. The van der Waals surface area contributed by atoms with E-state index in [4.69, 9.17) is 0 Å². The van der Waals surface area contributed by atoms with Gasteiger partial charge in [0.05, 0.1) is 10.5 Å². The zero-order valence-electron chi connectivity index (χ0n) is 17.1. The summed E-state index contributed by atoms with van der Waals surface area (Å²) in [4.78, 5) is 10.9. The molecule has 31 heavy (non-hydrogen) atoms. The summed E-state index contributed by atoms with van der Waals surface area (Å²) in [6.07, 6.45) is 0. The first-order chi connectivity index (χ1) is 14.9. The van der Waals surface area contributed by atoms with Crippen molar-refractivity contribution in [3.63, 3.8) is 0 Å². The zero-order valence-corrected chi connectivity index (χ0v) is 17.9. The van der Waals surface area contributed by atoms with Gasteiger partial charge < -0.3 is 10.2 Å². The fourth-order valence-corrected chi connectivity index (χ4v) is 4.80. The van der Waals surface area contributed by atoms with E-state index >= 15 is 0 Å². The molecule has 1 saturated heterocycles. The van der Waals surface area contributed by atoms with Gasteiger partial charge in [0, 0.05) is 44.5 Å². The van der Waals surface area contributed by atoms with Crippen molar-refractivity contribution < 1.29 is 12.8 Å². The highest BCUT2D eigenvalue weighted by Crippen LogP contribution is 2.26. The fraction of sp³-hybridized carbons (Fsp3) is 0.389. The van der Waals surface area contributed by atoms with Crippen LogP contribution in [0.5, 0.6) is 0 Å². The summed E-state index contributed by atoms with van der Waals surface area (Å²) in [6, 6.07) is 5.43. The summed E-state index contributed by atoms with van der Waals surface area (Å²) < 4.78 is 41.8. The number of aryl methyl sites for hydroxylation is 1. The van der Waals surface area contributed by atoms with Crippen molar-refractivity contribution in [2.45, 2.75) is 18.7 Å². The zero-order chi connectivity index (χ0) is 22.0. The summed E-state index contributed by atoms with van der Waals surface area (Å²) in [5.74, 6) is 0.667. The Morgan fingerprint density at radius 2 is 1.94 bits per heavy atom. The van der Waals surface area contributed by atoms with Crippen LogP contribution in [0.4, 0.5) is 16.2 Å². The number of halogens is 1. The fourth-order valence-electron chi connectivity index (χ4n) is 3.36. The Morgan fingerprint density at radius 3 is 2.61 bits per heavy atom. The molecule has 3 aromatic rings. The van der Waals surface area contributed by atoms with Crippen LogP contribution in [0.3, 0.4) is 0 Å². The first kappa shape index (κ1) is 21.1. The van der Waals surface area contributed by atoms with Crippen molar-refractivity contribution in [3.8, 4) is 11.4 Å². The summed E-state index contributed by atoms with van der Waals surface area (Å²) in [6.45, 7) is 6.00. The van der Waals surface area contributed by atoms with E-state index in [0.29, 0.717) is 19.0 Å². The number of nitrogens with zero attached hydrogens (tertiary/aromatic N) is 7. The van der Waals surface area contributed by atoms with Crippen LogP contribution < -0.4 is 10.2 Å². The van der Waals surface area contributed by atoms with Crippen LogP contribution in [-0.2, 0) is 10.0 Å². The van der Waals surface area contributed by atoms with Gasteiger partial charge in [-0.1, -0.05) is 0 Å². The lowest BCUT2D eigenvalue weighted by atomic mass is 10.2. The van der Waals surface area contributed by atoms with Gasteiger partial charge in [-0.25, -0.2) is 17.8 Å². The minimum Gasteiger partial charge on any atom is -0.370 e. The topological polar surface area (TPSA) is 133 Å². The van der Waals surface area contributed by atoms with Gasteiger partial charge in [-0.2, -0.15) is 14.5 Å². The second kappa shape index (κ2) is 8.51. The number of aromatic nitrogens is 6. The van der Waals surface area contributed by atoms with Gasteiger partial charge in [-0.15, -0.1) is 10.2 Å². The van der Waals surface area contributed by atoms with Crippen molar-refractivity contribution in [3.05, 3.63) is 35.8 Å². The number of hydrogen-bond acceptors (Lipinski definition) is 9. The van der Waals surface area contributed by atoms with Gasteiger partial charge in [0.2, 0.25) is 21.8 Å². The van der Waals surface area contributed by atoms with Crippen molar-refractivity contribution in [2.24, 2.45) is 0 Å². The maximum atomic E-state index is 14.2. The lowest BCUT2D eigenvalue weighted by Crippen LogP contribution is -2.49. The molecular formula is C18H22FN9O2S. The molecule has 164 valence electrons. The molecule has 0 saturated carbocycles. The van der Waals surface area contributed by atoms with Crippen molar-refractivity contribution in [1.29, 1.82) is 0 Å². The van der Waals surface area contributed by atoms with Gasteiger partial charge in [0.25, 0.3) is 0 Å². The van der Waals surface area contributed by atoms with Crippen molar-refractivity contribution in [2.75, 3.05) is 42.9 Å². The Balaban J connectivity index is 1.52. The SMILES string of the molecule is CCNc1cc(C)nc(N2CCN(S(=O)(=O)c3ccc(F)c(-c4nn[nH]n4)c3)CC2)n1. The minimum absolute atomic E-state index is 0.00698. The van der Waals surface area contributed by atoms with E-state index in [1.54, 1.807) is 0 Å². The standard InChI is InChI=1S/C18H22FN9O2S/c1-3-20-16-10-12(2)21-18(22-16)27-6-8-28(9-7-27)31(29,30)13-4-5-15(19)14(11-13)17-23-25-26-24-17/h4-5,10-11H,3,6-9H2,1-2H3,(H,20,21,22)(H,23,24,25,26). The molecule has 0 unspecified atom stereocenters. The number of tetrazole rings is 1. The minimum atomic E-state index is -3.82. The van der Waals surface area contributed by atoms with Crippen LogP contribution in [0.2, 0.25) is 0 Å². The van der Waals surface area contributed by atoms with Gasteiger partial charge >= 0.3 is 0 Å². The molecule has 1 fully saturated rings. The third-order valence-corrected chi connectivity index (χ3v) is 6.78. The Hall–Kier alpha value is -3.19. The molecule has 2 aromatic heterocycles. The number of rotatable bonds is 6. The highest BCUT2D eigenvalue weighted by Gasteiger charge is 2.30. The number of benzene rings is 1. The number of nitrogens with one attached hydrogen (secondary N) is 2. The molecule has 0 radical (unpaired) electrons. The van der Waals surface area contributed by atoms with Crippen LogP contribution in [0.1, 0.15) is 12.6 Å². The van der Waals surface area contributed by atoms with E-state index in [0.717, 1.165) is 24.1 Å². The Bertz CT molecular complexity index is 1160. The van der Waals surface area contributed by atoms with E-state index in [2.05, 4.69) is 35.9 Å². The van der Waals surface area contributed by atoms with Crippen LogP contribution in [0, 0.1) is 12.7 Å². The third-order valence-electron chi connectivity index (χ3n) is 4.88. The second-order valence-corrected chi connectivity index (χ2v) is 8.93. The normalized spacial score (nSPS) is 15.3. The summed E-state index contributed by atoms with van der Waals surface area (Å²) in [7, 11) is -3.82. The molecule has 0 aliphatic carbocycles. The summed E-state index contributed by atoms with van der Waals surface area (Å²) in [5.41, 5.74) is 0.800. The van der Waals surface area contributed by atoms with E-state index in [1.807, 2.05) is 24.8 Å². The lowest BCUT2D eigenvalue weighted by Gasteiger charge is -2.34. The monoisotopic (exact) mass is 447 g/mol. The van der Waals surface area contributed by atoms with Gasteiger partial charge in [0.1, 0.15) is 11.6 Å². The van der Waals surface area contributed by atoms with E-state index < -0.39 is 15.8 Å². The molecule has 1 aromatic carbocycles. The molecule has 4 rings (SSSR count). The van der Waals surface area contributed by atoms with Crippen LogP contribution >= 0.6 is 0 Å². The Kier molecular flexibility index (Phi) is 5.78. The highest BCUT2D eigenvalue weighted by molar-refractivity contribution is 7.89. The first-order valence-electron chi connectivity index (χ1n) is 9.76. The number of sulfonamides is 1. The molecule has 11 nitrogen and oxygen atoms in total. The van der Waals surface area contributed by atoms with E-state index in [1.165, 1.54) is 16.4 Å². The van der Waals surface area contributed by atoms with Crippen molar-refractivity contribution in [1.82, 2.24) is 34.9 Å². The molecule has 1 aliphatic rings. The van der Waals surface area contributed by atoms with Gasteiger partial charge in [0.15, 0.2) is 0 Å². The molecule has 0 bridgehead atoms. The third kappa shape index (κ3) is 4.32. The lowest BCUT2D eigenvalue weighted by molar-refractivity contribution is 0.382. The van der Waals surface area contributed by atoms with Gasteiger partial charge in [-0.05, 0) is 37.3 Å². The molecule has 0 spiro atoms. The molecule has 2 N–H and O–H groups in total. The molecule has 0 atom stereocenters. The van der Waals surface area contributed by atoms with Crippen molar-refractivity contribution >= 4 is 21.8 Å². The van der Waals surface area contributed by atoms with Crippen LogP contribution in [0.15, 0.2) is 29.2 Å². The largest absolute Gasteiger partial charge is 0.370 e. The first-order valence-corrected chi connectivity index (χ1v) is 11.2. The predicted octanol–water partition coefficient (Wildman–Crippen LogP) is 1.05. The van der Waals surface area contributed by atoms with E-state index in [9.17, 15) is 12.8 Å². The number of anilines is 2. The molecule has 1 aliphatic heterocycles. The number of piperazine rings is 1. The number of aromatic amines is 1. The maximum absolute atomic E-state index is 14.2. The highest BCUT2D eigenvalue weighted by atomic mass is 32.2. The quantitative estimate of drug-likeness (QED) is 0.569. The number of hydrogen-bond donors (Lipinski definition) is 2. The van der Waals surface area contributed by atoms with Crippen LogP contribution in [-0.4, -0.2) is 76.0 Å².